The maximum atomic E-state index is 5.50. The van der Waals surface area contributed by atoms with Gasteiger partial charge in [0.05, 0.1) is 7.11 Å². The molecule has 0 saturated heterocycles. The van der Waals surface area contributed by atoms with Gasteiger partial charge in [0, 0.05) is 11.0 Å². The Bertz CT molecular complexity index is 537. The number of hydrogen-bond donors (Lipinski definition) is 0. The van der Waals surface area contributed by atoms with Crippen LogP contribution < -0.4 is 4.74 Å². The van der Waals surface area contributed by atoms with E-state index in [-0.39, 0.29) is 5.41 Å². The van der Waals surface area contributed by atoms with Gasteiger partial charge in [0.1, 0.15) is 5.75 Å². The smallest absolute Gasteiger partial charge is 0.126 e. The van der Waals surface area contributed by atoms with Crippen molar-refractivity contribution in [1.29, 1.82) is 0 Å². The van der Waals surface area contributed by atoms with Crippen LogP contribution in [0.4, 0.5) is 0 Å². The van der Waals surface area contributed by atoms with Crippen molar-refractivity contribution < 1.29 is 4.74 Å². The largest absolute Gasteiger partial charge is 0.496 e. The molecule has 88 valence electrons. The highest BCUT2D eigenvalue weighted by Gasteiger charge is 2.34. The van der Waals surface area contributed by atoms with E-state index in [1.165, 1.54) is 35.1 Å². The molecule has 0 spiro atoms. The van der Waals surface area contributed by atoms with Crippen molar-refractivity contribution in [3.8, 4) is 5.75 Å². The summed E-state index contributed by atoms with van der Waals surface area (Å²) in [5, 5.41) is 0. The van der Waals surface area contributed by atoms with E-state index in [2.05, 4.69) is 44.2 Å². The van der Waals surface area contributed by atoms with Gasteiger partial charge in [0.25, 0.3) is 0 Å². The van der Waals surface area contributed by atoms with Crippen molar-refractivity contribution >= 4 is 11.6 Å². The Balaban J connectivity index is 2.27. The highest BCUT2D eigenvalue weighted by atomic mass is 16.5. The molecule has 1 heteroatoms. The molecule has 0 bridgehead atoms. The minimum Gasteiger partial charge on any atom is -0.496 e. The van der Waals surface area contributed by atoms with Crippen LogP contribution in [-0.4, -0.2) is 7.11 Å². The maximum absolute atomic E-state index is 5.50. The van der Waals surface area contributed by atoms with E-state index in [4.69, 9.17) is 4.74 Å². The Morgan fingerprint density at radius 1 is 1.29 bits per heavy atom. The summed E-state index contributed by atoms with van der Waals surface area (Å²) in [6.45, 7) is 4.47. The van der Waals surface area contributed by atoms with Crippen molar-refractivity contribution in [2.24, 2.45) is 5.41 Å². The summed E-state index contributed by atoms with van der Waals surface area (Å²) in [5.74, 6) is 0.992. The molecule has 0 radical (unpaired) electrons. The molecule has 0 fully saturated rings. The lowest BCUT2D eigenvalue weighted by atomic mass is 9.74. The maximum Gasteiger partial charge on any atom is 0.126 e. The van der Waals surface area contributed by atoms with Gasteiger partial charge in [-0.1, -0.05) is 31.2 Å². The van der Waals surface area contributed by atoms with Crippen LogP contribution in [0.25, 0.3) is 11.6 Å². The van der Waals surface area contributed by atoms with Crippen molar-refractivity contribution in [1.82, 2.24) is 0 Å². The molecule has 0 amide bonds. The zero-order valence-electron chi connectivity index (χ0n) is 10.7. The molecule has 1 nitrogen and oxygen atoms in total. The molecule has 1 aromatic rings. The van der Waals surface area contributed by atoms with Gasteiger partial charge in [-0.3, -0.25) is 0 Å². The third-order valence-corrected chi connectivity index (χ3v) is 4.04. The van der Waals surface area contributed by atoms with Crippen LogP contribution in [0.5, 0.6) is 5.75 Å². The number of benzene rings is 1. The molecule has 17 heavy (non-hydrogen) atoms. The molecule has 1 aromatic carbocycles. The van der Waals surface area contributed by atoms with E-state index in [0.717, 1.165) is 5.75 Å². The van der Waals surface area contributed by atoms with Gasteiger partial charge in [0.2, 0.25) is 0 Å². The first-order chi connectivity index (χ1) is 8.14. The Morgan fingerprint density at radius 3 is 2.88 bits per heavy atom. The number of allylic oxidation sites excluding steroid dienone is 3. The molecular formula is C16H18O. The lowest BCUT2D eigenvalue weighted by molar-refractivity contribution is 0.413. The standard InChI is InChI=1S/C16H18O/c1-11-9-13-12(15(10-11)17-3)6-8-16(2)7-4-5-14(13)16/h5-6,8-10H,4,7H2,1-3H3/t16-/m0/s1. The first-order valence-electron chi connectivity index (χ1n) is 6.23. The first-order valence-corrected chi connectivity index (χ1v) is 6.23. The summed E-state index contributed by atoms with van der Waals surface area (Å²) < 4.78 is 5.50. The zero-order chi connectivity index (χ0) is 12.0. The summed E-state index contributed by atoms with van der Waals surface area (Å²) in [4.78, 5) is 0. The summed E-state index contributed by atoms with van der Waals surface area (Å²) in [5.41, 5.74) is 5.60. The molecule has 0 heterocycles. The van der Waals surface area contributed by atoms with E-state index in [1.807, 2.05) is 0 Å². The molecular weight excluding hydrogens is 208 g/mol. The first kappa shape index (κ1) is 10.6. The number of aryl methyl sites for hydroxylation is 1. The van der Waals surface area contributed by atoms with E-state index in [9.17, 15) is 0 Å². The molecule has 0 saturated carbocycles. The third-order valence-electron chi connectivity index (χ3n) is 4.04. The average Bonchev–Trinajstić information content (AvgIpc) is 2.70. The molecule has 0 unspecified atom stereocenters. The monoisotopic (exact) mass is 226 g/mol. The van der Waals surface area contributed by atoms with Crippen LogP contribution in [0, 0.1) is 12.3 Å². The Labute approximate surface area is 103 Å². The third kappa shape index (κ3) is 1.45. The van der Waals surface area contributed by atoms with E-state index < -0.39 is 0 Å². The molecule has 1 atom stereocenters. The zero-order valence-corrected chi connectivity index (χ0v) is 10.7. The fourth-order valence-electron chi connectivity index (χ4n) is 3.07. The number of rotatable bonds is 1. The van der Waals surface area contributed by atoms with Gasteiger partial charge in [0.15, 0.2) is 0 Å². The Morgan fingerprint density at radius 2 is 2.12 bits per heavy atom. The Hall–Kier alpha value is -1.50. The van der Waals surface area contributed by atoms with Crippen molar-refractivity contribution in [2.75, 3.05) is 7.11 Å². The van der Waals surface area contributed by atoms with Crippen LogP contribution in [-0.2, 0) is 0 Å². The number of fused-ring (bicyclic) bond motifs is 3. The second-order valence-electron chi connectivity index (χ2n) is 5.34. The van der Waals surface area contributed by atoms with Crippen molar-refractivity contribution in [3.63, 3.8) is 0 Å². The average molecular weight is 226 g/mol. The summed E-state index contributed by atoms with van der Waals surface area (Å²) in [6, 6.07) is 4.40. The van der Waals surface area contributed by atoms with E-state index >= 15 is 0 Å². The number of hydrogen-bond acceptors (Lipinski definition) is 1. The van der Waals surface area contributed by atoms with E-state index in [1.54, 1.807) is 7.11 Å². The molecule has 2 aliphatic rings. The summed E-state index contributed by atoms with van der Waals surface area (Å²) in [7, 11) is 1.75. The van der Waals surface area contributed by atoms with Crippen molar-refractivity contribution in [3.05, 3.63) is 41.0 Å². The van der Waals surface area contributed by atoms with Crippen molar-refractivity contribution in [2.45, 2.75) is 26.7 Å². The normalized spacial score (nSPS) is 25.2. The van der Waals surface area contributed by atoms with E-state index in [0.29, 0.717) is 0 Å². The highest BCUT2D eigenvalue weighted by Crippen LogP contribution is 2.51. The van der Waals surface area contributed by atoms with Gasteiger partial charge in [-0.05, 0) is 42.5 Å². The quantitative estimate of drug-likeness (QED) is 0.697. The van der Waals surface area contributed by atoms with Gasteiger partial charge in [-0.2, -0.15) is 0 Å². The van der Waals surface area contributed by atoms with Crippen LogP contribution in [0.1, 0.15) is 36.5 Å². The minimum absolute atomic E-state index is 0.242. The van der Waals surface area contributed by atoms with Gasteiger partial charge < -0.3 is 4.74 Å². The molecule has 3 rings (SSSR count). The SMILES string of the molecule is COc1cc(C)cc2c1C=C[C@]1(C)CCC=C21. The highest BCUT2D eigenvalue weighted by molar-refractivity contribution is 5.86. The molecule has 0 N–H and O–H groups in total. The van der Waals surface area contributed by atoms with Crippen LogP contribution in [0.2, 0.25) is 0 Å². The van der Waals surface area contributed by atoms with Gasteiger partial charge in [-0.15, -0.1) is 0 Å². The summed E-state index contributed by atoms with van der Waals surface area (Å²) in [6.07, 6.45) is 9.38. The van der Waals surface area contributed by atoms with Crippen LogP contribution >= 0.6 is 0 Å². The topological polar surface area (TPSA) is 9.23 Å². The lowest BCUT2D eigenvalue weighted by Crippen LogP contribution is -2.15. The summed E-state index contributed by atoms with van der Waals surface area (Å²) >= 11 is 0. The van der Waals surface area contributed by atoms with Crippen LogP contribution in [0.3, 0.4) is 0 Å². The Kier molecular flexibility index (Phi) is 2.19. The predicted octanol–water partition coefficient (Wildman–Crippen LogP) is 4.21. The fraction of sp³-hybridized carbons (Fsp3) is 0.375. The fourth-order valence-corrected chi connectivity index (χ4v) is 3.07. The second-order valence-corrected chi connectivity index (χ2v) is 5.34. The van der Waals surface area contributed by atoms with Gasteiger partial charge in [-0.25, -0.2) is 0 Å². The lowest BCUT2D eigenvalue weighted by Gasteiger charge is -2.30. The molecule has 0 aromatic heterocycles. The molecule has 0 aliphatic heterocycles. The number of methoxy groups -OCH3 is 1. The van der Waals surface area contributed by atoms with Gasteiger partial charge >= 0.3 is 0 Å². The predicted molar refractivity (Wildman–Crippen MR) is 72.1 cm³/mol. The number of ether oxygens (including phenoxy) is 1. The van der Waals surface area contributed by atoms with Crippen LogP contribution in [0.15, 0.2) is 24.3 Å². The minimum atomic E-state index is 0.242. The molecule has 2 aliphatic carbocycles. The second kappa shape index (κ2) is 3.49.